The van der Waals surface area contributed by atoms with Crippen LogP contribution in [-0.2, 0) is 5.85 Å². The molecule has 2 nitrogen and oxygen atoms in total. The Kier molecular flexibility index (Phi) is 2.33. The molecule has 0 amide bonds. The van der Waals surface area contributed by atoms with E-state index in [4.69, 9.17) is 9.84 Å². The number of methoxy groups -OCH3 is 1. The van der Waals surface area contributed by atoms with Crippen molar-refractivity contribution in [2.24, 2.45) is 0 Å². The standard InChI is InChI=1S/C9H10FO2/c1-9(10,11)7-4-3-5-8(6-7)12-2/h3-6,11H,1H2,2H3. The molecule has 0 bridgehead atoms. The zero-order valence-electron chi connectivity index (χ0n) is 6.75. The number of rotatable bonds is 2. The van der Waals surface area contributed by atoms with Crippen LogP contribution in [0.3, 0.4) is 0 Å². The van der Waals surface area contributed by atoms with Gasteiger partial charge in [0.15, 0.2) is 0 Å². The Bertz CT molecular complexity index is 265. The molecule has 0 saturated heterocycles. The first kappa shape index (κ1) is 9.00. The van der Waals surface area contributed by atoms with Crippen LogP contribution in [0.5, 0.6) is 5.75 Å². The average Bonchev–Trinajstić information content (AvgIpc) is 2.03. The van der Waals surface area contributed by atoms with Gasteiger partial charge in [-0.1, -0.05) is 12.1 Å². The van der Waals surface area contributed by atoms with Crippen LogP contribution in [0.25, 0.3) is 0 Å². The fourth-order valence-corrected chi connectivity index (χ4v) is 0.861. The average molecular weight is 169 g/mol. The molecule has 0 heterocycles. The van der Waals surface area contributed by atoms with Crippen molar-refractivity contribution in [3.05, 3.63) is 36.8 Å². The summed E-state index contributed by atoms with van der Waals surface area (Å²) in [6.07, 6.45) is 0. The maximum absolute atomic E-state index is 12.8. The molecule has 0 saturated carbocycles. The Morgan fingerprint density at radius 3 is 2.75 bits per heavy atom. The molecule has 0 spiro atoms. The lowest BCUT2D eigenvalue weighted by molar-refractivity contribution is -0.0501. The number of ether oxygens (including phenoxy) is 1. The van der Waals surface area contributed by atoms with E-state index in [0.29, 0.717) is 5.75 Å². The number of hydrogen-bond acceptors (Lipinski definition) is 2. The van der Waals surface area contributed by atoms with Gasteiger partial charge in [0.05, 0.1) is 7.11 Å². The van der Waals surface area contributed by atoms with Gasteiger partial charge in [-0.25, -0.2) is 4.39 Å². The van der Waals surface area contributed by atoms with E-state index in [9.17, 15) is 4.39 Å². The highest BCUT2D eigenvalue weighted by Crippen LogP contribution is 2.24. The second-order valence-corrected chi connectivity index (χ2v) is 2.49. The Hall–Kier alpha value is -1.09. The Balaban J connectivity index is 3.02. The molecular formula is C9H10FO2. The van der Waals surface area contributed by atoms with E-state index in [1.807, 2.05) is 0 Å². The molecule has 1 rings (SSSR count). The van der Waals surface area contributed by atoms with Crippen molar-refractivity contribution in [2.75, 3.05) is 7.11 Å². The summed E-state index contributed by atoms with van der Waals surface area (Å²) in [6, 6.07) is 6.08. The molecule has 65 valence electrons. The second kappa shape index (κ2) is 3.11. The minimum atomic E-state index is -2.55. The lowest BCUT2D eigenvalue weighted by Gasteiger charge is -2.13. The predicted octanol–water partition coefficient (Wildman–Crippen LogP) is 1.64. The monoisotopic (exact) mass is 169 g/mol. The molecule has 0 aliphatic heterocycles. The van der Waals surface area contributed by atoms with Gasteiger partial charge in [0.25, 0.3) is 0 Å². The Labute approximate surface area is 70.6 Å². The maximum atomic E-state index is 12.8. The third-order valence-corrected chi connectivity index (χ3v) is 1.51. The quantitative estimate of drug-likeness (QED) is 0.729. The van der Waals surface area contributed by atoms with Crippen molar-refractivity contribution in [1.82, 2.24) is 0 Å². The minimum Gasteiger partial charge on any atom is -0.497 e. The highest BCUT2D eigenvalue weighted by molar-refractivity contribution is 5.31. The van der Waals surface area contributed by atoms with Gasteiger partial charge in [0.1, 0.15) is 5.75 Å². The van der Waals surface area contributed by atoms with E-state index in [0.717, 1.165) is 0 Å². The van der Waals surface area contributed by atoms with E-state index in [2.05, 4.69) is 6.92 Å². The molecule has 1 aromatic rings. The van der Waals surface area contributed by atoms with Gasteiger partial charge in [-0.2, -0.15) is 0 Å². The highest BCUT2D eigenvalue weighted by Gasteiger charge is 2.21. The molecule has 0 aromatic heterocycles. The Morgan fingerprint density at radius 1 is 1.58 bits per heavy atom. The van der Waals surface area contributed by atoms with Crippen molar-refractivity contribution in [2.45, 2.75) is 5.85 Å². The first-order chi connectivity index (χ1) is 5.54. The molecule has 12 heavy (non-hydrogen) atoms. The lowest BCUT2D eigenvalue weighted by Crippen LogP contribution is -2.13. The fourth-order valence-electron chi connectivity index (χ4n) is 0.861. The van der Waals surface area contributed by atoms with Gasteiger partial charge < -0.3 is 9.84 Å². The summed E-state index contributed by atoms with van der Waals surface area (Å²) in [5.74, 6) is -2.05. The van der Waals surface area contributed by atoms with Gasteiger partial charge in [0, 0.05) is 12.5 Å². The summed E-state index contributed by atoms with van der Waals surface area (Å²) in [5.41, 5.74) is 0.0850. The van der Waals surface area contributed by atoms with E-state index in [1.165, 1.54) is 19.2 Å². The maximum Gasteiger partial charge on any atom is 0.233 e. The highest BCUT2D eigenvalue weighted by atomic mass is 19.2. The molecule has 0 aliphatic carbocycles. The number of alkyl halides is 1. The van der Waals surface area contributed by atoms with Crippen LogP contribution in [-0.4, -0.2) is 12.2 Å². The number of halogens is 1. The topological polar surface area (TPSA) is 29.5 Å². The Morgan fingerprint density at radius 2 is 2.25 bits per heavy atom. The number of benzene rings is 1. The second-order valence-electron chi connectivity index (χ2n) is 2.49. The first-order valence-electron chi connectivity index (χ1n) is 3.45. The summed E-state index contributed by atoms with van der Waals surface area (Å²) in [5, 5.41) is 8.88. The molecular weight excluding hydrogens is 159 g/mol. The largest absolute Gasteiger partial charge is 0.497 e. The van der Waals surface area contributed by atoms with E-state index >= 15 is 0 Å². The van der Waals surface area contributed by atoms with Crippen molar-refractivity contribution in [3.63, 3.8) is 0 Å². The van der Waals surface area contributed by atoms with Crippen molar-refractivity contribution < 1.29 is 14.2 Å². The van der Waals surface area contributed by atoms with Gasteiger partial charge in [-0.15, -0.1) is 0 Å². The van der Waals surface area contributed by atoms with Crippen LogP contribution < -0.4 is 4.74 Å². The summed E-state index contributed by atoms with van der Waals surface area (Å²) in [4.78, 5) is 0. The number of aliphatic hydroxyl groups is 1. The summed E-state index contributed by atoms with van der Waals surface area (Å²) < 4.78 is 17.7. The SMILES string of the molecule is [CH2]C(O)(F)c1cccc(OC)c1. The predicted molar refractivity (Wildman–Crippen MR) is 43.4 cm³/mol. The molecule has 1 radical (unpaired) electrons. The van der Waals surface area contributed by atoms with Crippen LogP contribution >= 0.6 is 0 Å². The summed E-state index contributed by atoms with van der Waals surface area (Å²) in [6.45, 7) is 2.95. The molecule has 0 aliphatic rings. The minimum absolute atomic E-state index is 0.0850. The third kappa shape index (κ3) is 1.95. The van der Waals surface area contributed by atoms with Gasteiger partial charge >= 0.3 is 0 Å². The fraction of sp³-hybridized carbons (Fsp3) is 0.222. The summed E-state index contributed by atoms with van der Waals surface area (Å²) >= 11 is 0. The van der Waals surface area contributed by atoms with Gasteiger partial charge in [-0.05, 0) is 12.1 Å². The van der Waals surface area contributed by atoms with E-state index in [1.54, 1.807) is 12.1 Å². The van der Waals surface area contributed by atoms with E-state index < -0.39 is 5.85 Å². The lowest BCUT2D eigenvalue weighted by atomic mass is 10.1. The first-order valence-corrected chi connectivity index (χ1v) is 3.45. The van der Waals surface area contributed by atoms with Crippen LogP contribution in [0.2, 0.25) is 0 Å². The van der Waals surface area contributed by atoms with Crippen molar-refractivity contribution in [1.29, 1.82) is 0 Å². The van der Waals surface area contributed by atoms with Gasteiger partial charge in [-0.3, -0.25) is 0 Å². The molecule has 1 aromatic carbocycles. The normalized spacial score (nSPS) is 15.3. The molecule has 0 fully saturated rings. The van der Waals surface area contributed by atoms with Crippen LogP contribution in [0.1, 0.15) is 5.56 Å². The van der Waals surface area contributed by atoms with Crippen molar-refractivity contribution in [3.8, 4) is 5.75 Å². The zero-order valence-corrected chi connectivity index (χ0v) is 6.75. The smallest absolute Gasteiger partial charge is 0.233 e. The summed E-state index contributed by atoms with van der Waals surface area (Å²) in [7, 11) is 1.47. The molecule has 3 heteroatoms. The van der Waals surface area contributed by atoms with Crippen LogP contribution in [0.15, 0.2) is 24.3 Å². The van der Waals surface area contributed by atoms with Crippen molar-refractivity contribution >= 4 is 0 Å². The van der Waals surface area contributed by atoms with Crippen LogP contribution in [0, 0.1) is 6.92 Å². The van der Waals surface area contributed by atoms with Crippen LogP contribution in [0.4, 0.5) is 4.39 Å². The third-order valence-electron chi connectivity index (χ3n) is 1.51. The molecule has 1 atom stereocenters. The number of hydrogen-bond donors (Lipinski definition) is 1. The zero-order chi connectivity index (χ0) is 9.19. The molecule has 1 N–H and O–H groups in total. The van der Waals surface area contributed by atoms with E-state index in [-0.39, 0.29) is 5.56 Å². The molecule has 1 unspecified atom stereocenters. The van der Waals surface area contributed by atoms with Gasteiger partial charge in [0.2, 0.25) is 5.85 Å².